The fraction of sp³-hybridized carbons (Fsp3) is 0.387. The Morgan fingerprint density at radius 1 is 0.936 bits per heavy atom. The lowest BCUT2D eigenvalue weighted by atomic mass is 9.94. The summed E-state index contributed by atoms with van der Waals surface area (Å²) in [5, 5.41) is 10.4. The maximum absolute atomic E-state index is 13.9. The molecule has 1 saturated heterocycles. The Kier molecular flexibility index (Phi) is 9.24. The molecule has 0 unspecified atom stereocenters. The molecule has 16 heteroatoms. The Hall–Kier alpha value is -4.63. The third-order valence-corrected chi connectivity index (χ3v) is 8.24. The zero-order valence-corrected chi connectivity index (χ0v) is 25.8. The topological polar surface area (TPSA) is 151 Å². The average molecular weight is 681 g/mol. The molecule has 5 atom stereocenters. The number of hydrogen-bond acceptors (Lipinski definition) is 11. The fourth-order valence-corrected chi connectivity index (χ4v) is 5.90. The van der Waals surface area contributed by atoms with Crippen molar-refractivity contribution in [3.8, 4) is 0 Å². The van der Waals surface area contributed by atoms with Crippen molar-refractivity contribution in [3.05, 3.63) is 65.2 Å². The van der Waals surface area contributed by atoms with Crippen molar-refractivity contribution in [1.29, 1.82) is 0 Å². The van der Waals surface area contributed by atoms with Gasteiger partial charge in [-0.1, -0.05) is 35.9 Å². The van der Waals surface area contributed by atoms with Crippen LogP contribution in [-0.2, 0) is 43.5 Å². The SMILES string of the molecule is COC(=O)[C@H]1O[C@@H](N(c2ccc(C3(C(F)(F)F)CC3)cc2)c2ccc3cccc(Cl)c3n2)[C@H](OC(C)=O)[C@@H](OC(C)=O)[C@@H]1OC(=O)O. The molecular weight excluding hydrogens is 653 g/mol. The summed E-state index contributed by atoms with van der Waals surface area (Å²) in [5.41, 5.74) is -1.51. The van der Waals surface area contributed by atoms with E-state index in [2.05, 4.69) is 4.98 Å². The second kappa shape index (κ2) is 12.9. The number of pyridine rings is 1. The largest absolute Gasteiger partial charge is 0.506 e. The smallest absolute Gasteiger partial charge is 0.467 e. The molecule has 1 saturated carbocycles. The summed E-state index contributed by atoms with van der Waals surface area (Å²) in [4.78, 5) is 55.4. The second-order valence-corrected chi connectivity index (χ2v) is 11.4. The molecule has 1 aliphatic carbocycles. The van der Waals surface area contributed by atoms with Gasteiger partial charge in [-0.25, -0.2) is 14.6 Å². The van der Waals surface area contributed by atoms with E-state index in [4.69, 9.17) is 35.3 Å². The minimum atomic E-state index is -4.48. The van der Waals surface area contributed by atoms with Gasteiger partial charge in [-0.2, -0.15) is 13.2 Å². The molecule has 3 aromatic rings. The predicted molar refractivity (Wildman–Crippen MR) is 157 cm³/mol. The van der Waals surface area contributed by atoms with Crippen molar-refractivity contribution in [3.63, 3.8) is 0 Å². The zero-order chi connectivity index (χ0) is 34.3. The molecule has 12 nitrogen and oxygen atoms in total. The normalized spacial score (nSPS) is 23.3. The Morgan fingerprint density at radius 3 is 2.13 bits per heavy atom. The zero-order valence-electron chi connectivity index (χ0n) is 25.0. The van der Waals surface area contributed by atoms with Crippen LogP contribution < -0.4 is 4.90 Å². The number of methoxy groups -OCH3 is 1. The van der Waals surface area contributed by atoms with Gasteiger partial charge >= 0.3 is 30.2 Å². The number of carboxylic acid groups (broad SMARTS) is 1. The van der Waals surface area contributed by atoms with Gasteiger partial charge in [-0.05, 0) is 48.7 Å². The van der Waals surface area contributed by atoms with Gasteiger partial charge in [0.05, 0.1) is 23.1 Å². The van der Waals surface area contributed by atoms with Crippen LogP contribution >= 0.6 is 11.6 Å². The van der Waals surface area contributed by atoms with Crippen LogP contribution in [-0.4, -0.2) is 78.1 Å². The van der Waals surface area contributed by atoms with Gasteiger partial charge in [-0.15, -0.1) is 0 Å². The van der Waals surface area contributed by atoms with Gasteiger partial charge in [0.15, 0.2) is 30.6 Å². The number of rotatable bonds is 8. The van der Waals surface area contributed by atoms with Crippen molar-refractivity contribution >= 4 is 58.1 Å². The van der Waals surface area contributed by atoms with E-state index in [1.54, 1.807) is 24.3 Å². The maximum atomic E-state index is 13.9. The van der Waals surface area contributed by atoms with E-state index >= 15 is 0 Å². The van der Waals surface area contributed by atoms with E-state index in [-0.39, 0.29) is 34.9 Å². The summed E-state index contributed by atoms with van der Waals surface area (Å²) in [6.07, 6.45) is -15.4. The first kappa shape index (κ1) is 33.7. The first-order valence-electron chi connectivity index (χ1n) is 14.2. The number of fused-ring (bicyclic) bond motifs is 1. The summed E-state index contributed by atoms with van der Waals surface area (Å²) in [5.74, 6) is -2.95. The molecule has 250 valence electrons. The number of alkyl halides is 3. The number of ether oxygens (including phenoxy) is 5. The summed E-state index contributed by atoms with van der Waals surface area (Å²) in [6.45, 7) is 2.03. The van der Waals surface area contributed by atoms with Crippen LogP contribution in [0.4, 0.5) is 29.5 Å². The number of para-hydroxylation sites is 1. The number of hydrogen-bond donors (Lipinski definition) is 1. The summed E-state index contributed by atoms with van der Waals surface area (Å²) < 4.78 is 68.6. The highest BCUT2D eigenvalue weighted by molar-refractivity contribution is 6.35. The summed E-state index contributed by atoms with van der Waals surface area (Å²) in [7, 11) is 0.995. The van der Waals surface area contributed by atoms with E-state index in [0.29, 0.717) is 10.9 Å². The lowest BCUT2D eigenvalue weighted by Gasteiger charge is -2.47. The van der Waals surface area contributed by atoms with Crippen molar-refractivity contribution in [2.24, 2.45) is 0 Å². The fourth-order valence-electron chi connectivity index (χ4n) is 5.67. The third-order valence-electron chi connectivity index (χ3n) is 7.94. The van der Waals surface area contributed by atoms with E-state index < -0.39 is 66.3 Å². The molecule has 2 fully saturated rings. The number of aromatic nitrogens is 1. The van der Waals surface area contributed by atoms with Crippen molar-refractivity contribution in [2.45, 2.75) is 68.9 Å². The Morgan fingerprint density at radius 2 is 1.57 bits per heavy atom. The second-order valence-electron chi connectivity index (χ2n) is 10.9. The van der Waals surface area contributed by atoms with Crippen LogP contribution in [0.5, 0.6) is 0 Å². The first-order chi connectivity index (χ1) is 22.2. The van der Waals surface area contributed by atoms with E-state index in [1.807, 2.05) is 0 Å². The molecule has 0 radical (unpaired) electrons. The molecule has 2 heterocycles. The summed E-state index contributed by atoms with van der Waals surface area (Å²) in [6, 6.07) is 13.5. The van der Waals surface area contributed by atoms with Crippen molar-refractivity contribution in [1.82, 2.24) is 4.98 Å². The average Bonchev–Trinajstić information content (AvgIpc) is 3.82. The molecule has 1 aromatic heterocycles. The van der Waals surface area contributed by atoms with Crippen LogP contribution in [0, 0.1) is 0 Å². The predicted octanol–water partition coefficient (Wildman–Crippen LogP) is 5.44. The maximum Gasteiger partial charge on any atom is 0.506 e. The minimum Gasteiger partial charge on any atom is -0.467 e. The highest BCUT2D eigenvalue weighted by Crippen LogP contribution is 2.59. The molecule has 2 aromatic carbocycles. The molecule has 2 aliphatic rings. The Bertz CT molecular complexity index is 1700. The van der Waals surface area contributed by atoms with Crippen molar-refractivity contribution in [2.75, 3.05) is 12.0 Å². The molecule has 0 spiro atoms. The van der Waals surface area contributed by atoms with Gasteiger partial charge < -0.3 is 28.8 Å². The van der Waals surface area contributed by atoms with Gasteiger partial charge in [-0.3, -0.25) is 14.5 Å². The molecule has 0 bridgehead atoms. The van der Waals surface area contributed by atoms with E-state index in [1.165, 1.54) is 35.2 Å². The number of benzene rings is 2. The Balaban J connectivity index is 1.72. The first-order valence-corrected chi connectivity index (χ1v) is 14.5. The van der Waals surface area contributed by atoms with Crippen LogP contribution in [0.2, 0.25) is 5.02 Å². The van der Waals surface area contributed by atoms with Gasteiger partial charge in [0, 0.05) is 24.9 Å². The minimum absolute atomic E-state index is 0.0180. The van der Waals surface area contributed by atoms with Crippen LogP contribution in [0.25, 0.3) is 10.9 Å². The van der Waals surface area contributed by atoms with Gasteiger partial charge in [0.2, 0.25) is 0 Å². The van der Waals surface area contributed by atoms with Crippen LogP contribution in [0.1, 0.15) is 32.3 Å². The molecular formula is C31H28ClF3N2O10. The number of carbonyl (C=O) groups excluding carboxylic acids is 3. The lowest BCUT2D eigenvalue weighted by molar-refractivity contribution is -0.243. The standard InChI is InChI=1S/C31H28ClF3N2O10/c1-15(38)44-23-24(47-29(41)42)26(28(40)43-3)46-27(25(23)45-16(2)39)37(21-12-7-17-5-4-6-20(32)22(17)36-21)19-10-8-18(9-11-19)30(13-14-30)31(33,34)35/h4-12,23-27H,13-14H2,1-3H3,(H,41,42)/t23-,24-,25+,26-,27+/m0/s1. The number of esters is 3. The van der Waals surface area contributed by atoms with Gasteiger partial charge in [0.1, 0.15) is 5.82 Å². The van der Waals surface area contributed by atoms with E-state index in [0.717, 1.165) is 21.0 Å². The molecule has 1 aliphatic heterocycles. The molecule has 0 amide bonds. The van der Waals surface area contributed by atoms with Crippen LogP contribution in [0.15, 0.2) is 54.6 Å². The van der Waals surface area contributed by atoms with Crippen LogP contribution in [0.3, 0.4) is 0 Å². The van der Waals surface area contributed by atoms with E-state index in [9.17, 15) is 37.5 Å². The number of nitrogens with zero attached hydrogens (tertiary/aromatic N) is 2. The highest BCUT2D eigenvalue weighted by atomic mass is 35.5. The third kappa shape index (κ3) is 6.63. The number of halogens is 4. The highest BCUT2D eigenvalue weighted by Gasteiger charge is 2.64. The Labute approximate surface area is 270 Å². The quantitative estimate of drug-likeness (QED) is 0.238. The monoisotopic (exact) mass is 680 g/mol. The molecule has 47 heavy (non-hydrogen) atoms. The lowest BCUT2D eigenvalue weighted by Crippen LogP contribution is -2.66. The molecule has 5 rings (SSSR count). The molecule has 1 N–H and O–H groups in total. The summed E-state index contributed by atoms with van der Waals surface area (Å²) >= 11 is 6.44. The number of anilines is 2. The van der Waals surface area contributed by atoms with Gasteiger partial charge in [0.25, 0.3) is 0 Å². The van der Waals surface area contributed by atoms with Crippen molar-refractivity contribution < 1.29 is 61.1 Å². The number of carbonyl (C=O) groups is 4.